The molecule has 4 heterocycles. The molecule has 11 nitrogen and oxygen atoms in total. The largest absolute Gasteiger partial charge is 0.493 e. The van der Waals surface area contributed by atoms with Crippen LogP contribution in [0.5, 0.6) is 5.75 Å². The molecule has 38 heavy (non-hydrogen) atoms. The second-order valence-corrected chi connectivity index (χ2v) is 11.1. The molecule has 1 aromatic carbocycles. The van der Waals surface area contributed by atoms with E-state index in [-0.39, 0.29) is 48.0 Å². The number of carbonyl (C=O) groups excluding carboxylic acids is 1. The van der Waals surface area contributed by atoms with Crippen LogP contribution in [0.15, 0.2) is 16.9 Å². The van der Waals surface area contributed by atoms with Crippen molar-refractivity contribution in [3.05, 3.63) is 56.1 Å². The Morgan fingerprint density at radius 2 is 1.97 bits per heavy atom. The zero-order valence-corrected chi connectivity index (χ0v) is 21.7. The summed E-state index contributed by atoms with van der Waals surface area (Å²) in [6.45, 7) is 1.71. The molecule has 0 radical (unpaired) electrons. The minimum absolute atomic E-state index is 0.0597. The quantitative estimate of drug-likeness (QED) is 0.248. The summed E-state index contributed by atoms with van der Waals surface area (Å²) >= 11 is 0. The van der Waals surface area contributed by atoms with E-state index in [4.69, 9.17) is 24.7 Å². The minimum atomic E-state index is -3.67. The smallest absolute Gasteiger partial charge is 0.343 e. The first kappa shape index (κ1) is 26.2. The van der Waals surface area contributed by atoms with Crippen LogP contribution in [-0.2, 0) is 44.8 Å². The third-order valence-electron chi connectivity index (χ3n) is 7.31. The third kappa shape index (κ3) is 3.88. The lowest BCUT2D eigenvalue weighted by Crippen LogP contribution is -2.44. The second kappa shape index (κ2) is 8.83. The number of carbonyl (C=O) groups is 1. The molecule has 4 N–H and O–H groups in total. The molecule has 0 unspecified atom stereocenters. The molecule has 13 heteroatoms. The number of halogens is 1. The number of benzene rings is 1. The van der Waals surface area contributed by atoms with Gasteiger partial charge in [0, 0.05) is 34.2 Å². The Bertz CT molecular complexity index is 1690. The van der Waals surface area contributed by atoms with Gasteiger partial charge in [0.2, 0.25) is 0 Å². The van der Waals surface area contributed by atoms with Crippen LogP contribution < -0.4 is 16.0 Å². The lowest BCUT2D eigenvalue weighted by Gasteiger charge is -2.31. The topological polar surface area (TPSA) is 171 Å². The van der Waals surface area contributed by atoms with Crippen LogP contribution >= 0.6 is 0 Å². The number of rotatable bonds is 2. The SMILES string of the molecule is CC[C@@]1(O)C(=O)OCc2c1cc1n(c2=O)Cc2c-1nc1cc(F)c(OC)c3c1c2[C@@H](N)CC3.CS(=O)(=O)O. The first-order valence-corrected chi connectivity index (χ1v) is 13.7. The molecule has 2 aliphatic heterocycles. The number of aliphatic hydroxyl groups is 1. The number of fused-ring (bicyclic) bond motifs is 5. The Kier molecular flexibility index (Phi) is 6.10. The molecule has 2 aromatic heterocycles. The highest BCUT2D eigenvalue weighted by atomic mass is 32.2. The number of nitrogens with two attached hydrogens (primary N) is 1. The molecule has 1 aliphatic carbocycles. The van der Waals surface area contributed by atoms with Gasteiger partial charge in [-0.3, -0.25) is 9.35 Å². The molecule has 6 rings (SSSR count). The van der Waals surface area contributed by atoms with Crippen LogP contribution in [0.1, 0.15) is 53.6 Å². The van der Waals surface area contributed by atoms with E-state index in [1.54, 1.807) is 17.6 Å². The summed E-state index contributed by atoms with van der Waals surface area (Å²) in [4.78, 5) is 30.5. The average molecular weight is 548 g/mol. The molecule has 0 saturated carbocycles. The Balaban J connectivity index is 0.000000540. The molecular formula is C25H26FN3O8S. The summed E-state index contributed by atoms with van der Waals surface area (Å²) in [5.74, 6) is -1.08. The van der Waals surface area contributed by atoms with Crippen molar-refractivity contribution in [2.75, 3.05) is 13.4 Å². The van der Waals surface area contributed by atoms with Gasteiger partial charge in [0.05, 0.1) is 42.4 Å². The zero-order valence-electron chi connectivity index (χ0n) is 20.9. The van der Waals surface area contributed by atoms with E-state index in [0.29, 0.717) is 36.0 Å². The molecule has 0 saturated heterocycles. The summed E-state index contributed by atoms with van der Waals surface area (Å²) in [6, 6.07) is 2.68. The summed E-state index contributed by atoms with van der Waals surface area (Å²) in [6.07, 6.45) is 1.95. The second-order valence-electron chi connectivity index (χ2n) is 9.60. The van der Waals surface area contributed by atoms with Gasteiger partial charge in [-0.2, -0.15) is 8.42 Å². The van der Waals surface area contributed by atoms with E-state index in [0.717, 1.165) is 22.1 Å². The van der Waals surface area contributed by atoms with Gasteiger partial charge in [0.25, 0.3) is 15.7 Å². The molecule has 202 valence electrons. The zero-order chi connectivity index (χ0) is 27.7. The number of ether oxygens (including phenoxy) is 2. The maximum atomic E-state index is 14.8. The number of esters is 1. The molecule has 0 spiro atoms. The van der Waals surface area contributed by atoms with Crippen LogP contribution in [0.4, 0.5) is 4.39 Å². The maximum absolute atomic E-state index is 14.8. The Hall–Kier alpha value is -3.39. The van der Waals surface area contributed by atoms with Crippen LogP contribution in [0, 0.1) is 5.82 Å². The normalized spacial score (nSPS) is 21.1. The van der Waals surface area contributed by atoms with Gasteiger partial charge < -0.3 is 24.9 Å². The highest BCUT2D eigenvalue weighted by Gasteiger charge is 2.45. The number of aromatic nitrogens is 2. The van der Waals surface area contributed by atoms with E-state index in [2.05, 4.69) is 0 Å². The van der Waals surface area contributed by atoms with Gasteiger partial charge in [0.1, 0.15) is 6.61 Å². The molecule has 0 amide bonds. The fourth-order valence-electron chi connectivity index (χ4n) is 5.62. The van der Waals surface area contributed by atoms with Gasteiger partial charge in [0.15, 0.2) is 17.2 Å². The van der Waals surface area contributed by atoms with E-state index in [1.165, 1.54) is 13.2 Å². The van der Waals surface area contributed by atoms with Crippen molar-refractivity contribution >= 4 is 27.0 Å². The summed E-state index contributed by atoms with van der Waals surface area (Å²) in [5, 5.41) is 11.8. The first-order valence-electron chi connectivity index (χ1n) is 11.9. The monoisotopic (exact) mass is 547 g/mol. The standard InChI is InChI=1S/C24H22FN3O5.CH4O3S/c1-3-24(31)13-6-17-20-11(8-28(17)22(29)12(13)9-33-23(24)30)18-15(26)5-4-10-19(18)16(27-20)7-14(25)21(10)32-2;1-5(2,3)4/h6-7,15,31H,3-5,8-9,26H2,1-2H3;1H3,(H,2,3,4)/t15-,24-;/m0./s1. The van der Waals surface area contributed by atoms with E-state index in [9.17, 15) is 27.5 Å². The van der Waals surface area contributed by atoms with Gasteiger partial charge in [-0.1, -0.05) is 6.92 Å². The van der Waals surface area contributed by atoms with Gasteiger partial charge in [-0.25, -0.2) is 14.2 Å². The van der Waals surface area contributed by atoms with Crippen molar-refractivity contribution in [2.45, 2.75) is 51.0 Å². The number of aryl methyl sites for hydroxylation is 1. The third-order valence-corrected chi connectivity index (χ3v) is 7.31. The number of hydrogen-bond donors (Lipinski definition) is 3. The highest BCUT2D eigenvalue weighted by Crippen LogP contribution is 2.46. The van der Waals surface area contributed by atoms with E-state index < -0.39 is 27.5 Å². The summed E-state index contributed by atoms with van der Waals surface area (Å²) in [7, 11) is -2.23. The molecule has 2 atom stereocenters. The van der Waals surface area contributed by atoms with Gasteiger partial charge >= 0.3 is 5.97 Å². The lowest BCUT2D eigenvalue weighted by molar-refractivity contribution is -0.172. The first-order chi connectivity index (χ1) is 17.8. The van der Waals surface area contributed by atoms with Crippen LogP contribution in [-0.4, -0.2) is 47.0 Å². The van der Waals surface area contributed by atoms with Crippen LogP contribution in [0.25, 0.3) is 22.3 Å². The van der Waals surface area contributed by atoms with Crippen molar-refractivity contribution < 1.29 is 36.7 Å². The Morgan fingerprint density at radius 3 is 2.61 bits per heavy atom. The number of pyridine rings is 2. The predicted molar refractivity (Wildman–Crippen MR) is 134 cm³/mol. The van der Waals surface area contributed by atoms with Crippen molar-refractivity contribution in [2.24, 2.45) is 5.73 Å². The van der Waals surface area contributed by atoms with Crippen molar-refractivity contribution in [1.82, 2.24) is 9.55 Å². The van der Waals surface area contributed by atoms with Gasteiger partial charge in [-0.15, -0.1) is 0 Å². The number of methoxy groups -OCH3 is 1. The number of cyclic esters (lactones) is 1. The number of nitrogens with zero attached hydrogens (tertiary/aromatic N) is 2. The molecule has 3 aromatic rings. The average Bonchev–Trinajstić information content (AvgIpc) is 3.21. The van der Waals surface area contributed by atoms with Crippen LogP contribution in [0.3, 0.4) is 0 Å². The van der Waals surface area contributed by atoms with Gasteiger partial charge in [-0.05, 0) is 30.9 Å². The molecule has 3 aliphatic rings. The van der Waals surface area contributed by atoms with Crippen LogP contribution in [0.2, 0.25) is 0 Å². The highest BCUT2D eigenvalue weighted by molar-refractivity contribution is 7.85. The minimum Gasteiger partial charge on any atom is -0.493 e. The molecule has 0 fully saturated rings. The van der Waals surface area contributed by atoms with Crippen molar-refractivity contribution in [1.29, 1.82) is 0 Å². The Morgan fingerprint density at radius 1 is 1.29 bits per heavy atom. The lowest BCUT2D eigenvalue weighted by atomic mass is 9.83. The molecule has 0 bridgehead atoms. The van der Waals surface area contributed by atoms with Crippen molar-refractivity contribution in [3.63, 3.8) is 0 Å². The molecular weight excluding hydrogens is 521 g/mol. The predicted octanol–water partition coefficient (Wildman–Crippen LogP) is 1.68. The summed E-state index contributed by atoms with van der Waals surface area (Å²) in [5.41, 5.74) is 8.60. The fourth-order valence-corrected chi connectivity index (χ4v) is 5.62. The summed E-state index contributed by atoms with van der Waals surface area (Å²) < 4.78 is 52.7. The van der Waals surface area contributed by atoms with Crippen molar-refractivity contribution in [3.8, 4) is 17.1 Å². The van der Waals surface area contributed by atoms with E-state index in [1.807, 2.05) is 0 Å². The Labute approximate surface area is 216 Å². The van der Waals surface area contributed by atoms with E-state index >= 15 is 0 Å². The number of hydrogen-bond acceptors (Lipinski definition) is 9. The fraction of sp³-hybridized carbons (Fsp3) is 0.400. The maximum Gasteiger partial charge on any atom is 0.343 e.